The predicted molar refractivity (Wildman–Crippen MR) is 56.0 cm³/mol. The van der Waals surface area contributed by atoms with Crippen LogP contribution in [-0.2, 0) is 0 Å². The highest BCUT2D eigenvalue weighted by Crippen LogP contribution is 2.52. The fourth-order valence-electron chi connectivity index (χ4n) is 3.40. The van der Waals surface area contributed by atoms with Crippen LogP contribution in [0.3, 0.4) is 0 Å². The molecule has 1 heteroatoms. The van der Waals surface area contributed by atoms with Gasteiger partial charge in [-0.1, -0.05) is 30.3 Å². The minimum Gasteiger partial charge on any atom is -0.393 e. The topological polar surface area (TPSA) is 20.2 Å². The predicted octanol–water partition coefficient (Wildman–Crippen LogP) is 2.56. The molecule has 3 rings (SSSR count). The third-order valence-corrected chi connectivity index (χ3v) is 4.01. The summed E-state index contributed by atoms with van der Waals surface area (Å²) in [6.45, 7) is 0. The maximum absolute atomic E-state index is 9.85. The van der Waals surface area contributed by atoms with Gasteiger partial charge in [-0.15, -0.1) is 0 Å². The molecule has 1 aromatic carbocycles. The third kappa shape index (κ3) is 1.19. The van der Waals surface area contributed by atoms with E-state index >= 15 is 0 Å². The first-order valence-electron chi connectivity index (χ1n) is 5.57. The summed E-state index contributed by atoms with van der Waals surface area (Å²) in [6.07, 6.45) is 3.57. The van der Waals surface area contributed by atoms with E-state index in [1.54, 1.807) is 0 Å². The molecular weight excluding hydrogens is 172 g/mol. The number of hydrogen-bond acceptors (Lipinski definition) is 1. The van der Waals surface area contributed by atoms with Crippen molar-refractivity contribution in [3.63, 3.8) is 0 Å². The molecule has 14 heavy (non-hydrogen) atoms. The van der Waals surface area contributed by atoms with Gasteiger partial charge in [0.1, 0.15) is 0 Å². The second-order valence-corrected chi connectivity index (χ2v) is 4.82. The summed E-state index contributed by atoms with van der Waals surface area (Å²) in [5.74, 6) is 1.97. The summed E-state index contributed by atoms with van der Waals surface area (Å²) in [6, 6.07) is 10.7. The lowest BCUT2D eigenvalue weighted by Crippen LogP contribution is -2.22. The average molecular weight is 188 g/mol. The summed E-state index contributed by atoms with van der Waals surface area (Å²) >= 11 is 0. The minimum absolute atomic E-state index is 0.0287. The van der Waals surface area contributed by atoms with Gasteiger partial charge in [-0.3, -0.25) is 0 Å². The van der Waals surface area contributed by atoms with Crippen LogP contribution in [0.1, 0.15) is 30.7 Å². The van der Waals surface area contributed by atoms with Crippen LogP contribution in [0, 0.1) is 11.8 Å². The number of hydrogen-bond donors (Lipinski definition) is 1. The molecule has 0 radical (unpaired) electrons. The SMILES string of the molecule is O[C@H]1C[C@H]2C[C@@H]1[C@@H](c1ccccc1)C2. The van der Waals surface area contributed by atoms with Crippen LogP contribution >= 0.6 is 0 Å². The Morgan fingerprint density at radius 1 is 1.00 bits per heavy atom. The van der Waals surface area contributed by atoms with Gasteiger partial charge in [-0.2, -0.15) is 0 Å². The third-order valence-electron chi connectivity index (χ3n) is 4.01. The van der Waals surface area contributed by atoms with Crippen molar-refractivity contribution < 1.29 is 5.11 Å². The molecule has 2 aliphatic carbocycles. The molecule has 1 nitrogen and oxygen atoms in total. The highest BCUT2D eigenvalue weighted by atomic mass is 16.3. The number of rotatable bonds is 1. The van der Waals surface area contributed by atoms with Crippen molar-refractivity contribution in [3.8, 4) is 0 Å². The quantitative estimate of drug-likeness (QED) is 0.718. The lowest BCUT2D eigenvalue weighted by Gasteiger charge is -2.26. The Hall–Kier alpha value is -0.820. The van der Waals surface area contributed by atoms with E-state index in [0.29, 0.717) is 11.8 Å². The molecule has 0 heterocycles. The molecule has 2 saturated carbocycles. The van der Waals surface area contributed by atoms with E-state index in [9.17, 15) is 5.11 Å². The number of fused-ring (bicyclic) bond motifs is 2. The van der Waals surface area contributed by atoms with E-state index in [0.717, 1.165) is 12.3 Å². The van der Waals surface area contributed by atoms with Gasteiger partial charge in [0.05, 0.1) is 6.10 Å². The Morgan fingerprint density at radius 2 is 1.79 bits per heavy atom. The Kier molecular flexibility index (Phi) is 1.88. The van der Waals surface area contributed by atoms with Crippen molar-refractivity contribution in [3.05, 3.63) is 35.9 Å². The van der Waals surface area contributed by atoms with E-state index in [-0.39, 0.29) is 6.10 Å². The molecule has 1 aromatic rings. The van der Waals surface area contributed by atoms with Crippen molar-refractivity contribution in [1.29, 1.82) is 0 Å². The van der Waals surface area contributed by atoms with Gasteiger partial charge in [0, 0.05) is 0 Å². The number of aliphatic hydroxyl groups excluding tert-OH is 1. The molecule has 2 aliphatic rings. The monoisotopic (exact) mass is 188 g/mol. The maximum Gasteiger partial charge on any atom is 0.0577 e. The first-order valence-corrected chi connectivity index (χ1v) is 5.57. The standard InChI is InChI=1S/C13H16O/c14-13-8-9-6-11(12(13)7-9)10-4-2-1-3-5-10/h1-5,9,11-14H,6-8H2/t9-,11-,12-,13+/m1/s1. The van der Waals surface area contributed by atoms with Crippen molar-refractivity contribution in [1.82, 2.24) is 0 Å². The van der Waals surface area contributed by atoms with Crippen LogP contribution < -0.4 is 0 Å². The highest BCUT2D eigenvalue weighted by Gasteiger charge is 2.45. The van der Waals surface area contributed by atoms with Gasteiger partial charge >= 0.3 is 0 Å². The lowest BCUT2D eigenvalue weighted by atomic mass is 9.82. The lowest BCUT2D eigenvalue weighted by molar-refractivity contribution is 0.101. The van der Waals surface area contributed by atoms with E-state index in [4.69, 9.17) is 0 Å². The van der Waals surface area contributed by atoms with Crippen molar-refractivity contribution >= 4 is 0 Å². The van der Waals surface area contributed by atoms with Crippen LogP contribution in [-0.4, -0.2) is 11.2 Å². The zero-order valence-electron chi connectivity index (χ0n) is 8.26. The van der Waals surface area contributed by atoms with Gasteiger partial charge in [-0.05, 0) is 42.6 Å². The number of benzene rings is 1. The Morgan fingerprint density at radius 3 is 2.43 bits per heavy atom. The van der Waals surface area contributed by atoms with Gasteiger partial charge in [0.15, 0.2) is 0 Å². The molecule has 0 amide bonds. The van der Waals surface area contributed by atoms with Crippen LogP contribution in [0.15, 0.2) is 30.3 Å². The molecule has 1 N–H and O–H groups in total. The second-order valence-electron chi connectivity index (χ2n) is 4.82. The molecule has 2 fully saturated rings. The normalized spacial score (nSPS) is 40.4. The van der Waals surface area contributed by atoms with Gasteiger partial charge in [0.2, 0.25) is 0 Å². The second kappa shape index (κ2) is 3.09. The average Bonchev–Trinajstić information content (AvgIpc) is 2.77. The summed E-state index contributed by atoms with van der Waals surface area (Å²) in [7, 11) is 0. The Bertz CT molecular complexity index is 319. The largest absolute Gasteiger partial charge is 0.393 e. The zero-order valence-corrected chi connectivity index (χ0v) is 8.26. The molecule has 74 valence electrons. The highest BCUT2D eigenvalue weighted by molar-refractivity contribution is 5.23. The summed E-state index contributed by atoms with van der Waals surface area (Å²) in [4.78, 5) is 0. The Balaban J connectivity index is 1.88. The van der Waals surface area contributed by atoms with E-state index in [1.807, 2.05) is 0 Å². The van der Waals surface area contributed by atoms with Crippen LogP contribution in [0.5, 0.6) is 0 Å². The summed E-state index contributed by atoms with van der Waals surface area (Å²) in [5, 5.41) is 9.85. The van der Waals surface area contributed by atoms with Gasteiger partial charge in [-0.25, -0.2) is 0 Å². The number of aliphatic hydroxyl groups is 1. The van der Waals surface area contributed by atoms with E-state index in [2.05, 4.69) is 30.3 Å². The van der Waals surface area contributed by atoms with Crippen LogP contribution in [0.4, 0.5) is 0 Å². The maximum atomic E-state index is 9.85. The summed E-state index contributed by atoms with van der Waals surface area (Å²) < 4.78 is 0. The smallest absolute Gasteiger partial charge is 0.0577 e. The zero-order chi connectivity index (χ0) is 9.54. The van der Waals surface area contributed by atoms with Crippen molar-refractivity contribution in [2.45, 2.75) is 31.3 Å². The molecular formula is C13H16O. The van der Waals surface area contributed by atoms with E-state index in [1.165, 1.54) is 18.4 Å². The fourth-order valence-corrected chi connectivity index (χ4v) is 3.40. The molecule has 0 aliphatic heterocycles. The van der Waals surface area contributed by atoms with Crippen molar-refractivity contribution in [2.75, 3.05) is 0 Å². The molecule has 0 spiro atoms. The van der Waals surface area contributed by atoms with Gasteiger partial charge < -0.3 is 5.11 Å². The molecule has 0 saturated heterocycles. The minimum atomic E-state index is -0.0287. The Labute approximate surface area is 84.8 Å². The first kappa shape index (κ1) is 8.49. The molecule has 2 bridgehead atoms. The molecule has 0 unspecified atom stereocenters. The molecule has 4 atom stereocenters. The summed E-state index contributed by atoms with van der Waals surface area (Å²) in [5.41, 5.74) is 1.43. The van der Waals surface area contributed by atoms with Crippen LogP contribution in [0.25, 0.3) is 0 Å². The first-order chi connectivity index (χ1) is 6.84. The van der Waals surface area contributed by atoms with Gasteiger partial charge in [0.25, 0.3) is 0 Å². The van der Waals surface area contributed by atoms with Crippen LogP contribution in [0.2, 0.25) is 0 Å². The van der Waals surface area contributed by atoms with E-state index < -0.39 is 0 Å². The fraction of sp³-hybridized carbons (Fsp3) is 0.538. The molecule has 0 aromatic heterocycles. The van der Waals surface area contributed by atoms with Crippen molar-refractivity contribution in [2.24, 2.45) is 11.8 Å².